The Hall–Kier alpha value is 0.986. The van der Waals surface area contributed by atoms with Crippen LogP contribution in [0.25, 0.3) is 0 Å². The molecule has 0 spiro atoms. The van der Waals surface area contributed by atoms with Crippen LogP contribution in [-0.4, -0.2) is 11.0 Å². The molecule has 0 aliphatic carbocycles. The van der Waals surface area contributed by atoms with Crippen LogP contribution < -0.4 is 56.5 Å². The molecule has 0 saturated heterocycles. The number of carbonyl (C=O) groups excluding carboxylic acids is 1. The third-order valence-electron chi connectivity index (χ3n) is 0.931. The number of carboxylic acids is 1. The van der Waals surface area contributed by atoms with Crippen LogP contribution in [-0.2, 0) is 0 Å². The Bertz CT molecular complexity index is 267. The van der Waals surface area contributed by atoms with Gasteiger partial charge in [0.2, 0.25) is 0 Å². The predicted molar refractivity (Wildman–Crippen MR) is 41.3 cm³/mol. The summed E-state index contributed by atoms with van der Waals surface area (Å²) in [4.78, 5) is 13.7. The van der Waals surface area contributed by atoms with E-state index in [-0.39, 0.29) is 57.1 Å². The van der Waals surface area contributed by atoms with Crippen molar-refractivity contribution in [1.29, 1.82) is 0 Å². The number of aromatic carboxylic acids is 1. The van der Waals surface area contributed by atoms with Crippen LogP contribution in [0, 0.1) is 3.57 Å². The maximum Gasteiger partial charge on any atom is 1.00 e. The molecule has 0 unspecified atom stereocenters. The standard InChI is InChI=1S/C6H4INO2.K/c7-4-1-2-8-5(3-4)6(9)10;/h1-3H,(H,9,10);/q;+1/p-1. The Morgan fingerprint density at radius 3 is 2.64 bits per heavy atom. The van der Waals surface area contributed by atoms with Crippen LogP contribution in [0.3, 0.4) is 0 Å². The summed E-state index contributed by atoms with van der Waals surface area (Å²) in [5.41, 5.74) is -0.0214. The van der Waals surface area contributed by atoms with Crippen LogP contribution >= 0.6 is 22.6 Å². The number of halogens is 1. The van der Waals surface area contributed by atoms with Gasteiger partial charge in [0.15, 0.2) is 0 Å². The molecular weight excluding hydrogens is 284 g/mol. The second-order valence-electron chi connectivity index (χ2n) is 1.65. The first-order valence-corrected chi connectivity index (χ1v) is 3.61. The fourth-order valence-electron chi connectivity index (χ4n) is 0.516. The molecule has 1 heterocycles. The van der Waals surface area contributed by atoms with Gasteiger partial charge in [-0.25, -0.2) is 0 Å². The zero-order valence-electron chi connectivity index (χ0n) is 5.87. The van der Waals surface area contributed by atoms with Gasteiger partial charge in [-0.2, -0.15) is 0 Å². The van der Waals surface area contributed by atoms with Gasteiger partial charge in [-0.3, -0.25) is 4.98 Å². The summed E-state index contributed by atoms with van der Waals surface area (Å²) >= 11 is 2.01. The zero-order valence-corrected chi connectivity index (χ0v) is 11.2. The summed E-state index contributed by atoms with van der Waals surface area (Å²) in [5.74, 6) is -1.24. The van der Waals surface area contributed by atoms with Crippen molar-refractivity contribution in [2.45, 2.75) is 0 Å². The number of hydrogen-bond donors (Lipinski definition) is 0. The molecule has 0 aromatic carbocycles. The summed E-state index contributed by atoms with van der Waals surface area (Å²) < 4.78 is 0.840. The van der Waals surface area contributed by atoms with Crippen molar-refractivity contribution in [1.82, 2.24) is 4.98 Å². The Balaban J connectivity index is 0.000001000. The van der Waals surface area contributed by atoms with Gasteiger partial charge in [-0.1, -0.05) is 0 Å². The number of rotatable bonds is 1. The minimum atomic E-state index is -1.24. The SMILES string of the molecule is O=C([O-])c1cc(I)ccn1.[K+]. The Morgan fingerprint density at radius 2 is 2.27 bits per heavy atom. The van der Waals surface area contributed by atoms with Crippen LogP contribution in [0.2, 0.25) is 0 Å². The molecule has 1 rings (SSSR count). The molecule has 0 aliphatic heterocycles. The van der Waals surface area contributed by atoms with E-state index in [2.05, 4.69) is 4.98 Å². The molecule has 3 nitrogen and oxygen atoms in total. The summed E-state index contributed by atoms with van der Waals surface area (Å²) in [5, 5.41) is 10.2. The number of carboxylic acid groups (broad SMARTS) is 1. The first kappa shape index (κ1) is 12.0. The molecule has 0 bridgehead atoms. The van der Waals surface area contributed by atoms with Gasteiger partial charge in [-0.05, 0) is 34.7 Å². The normalized spacial score (nSPS) is 8.45. The quantitative estimate of drug-likeness (QED) is 0.410. The van der Waals surface area contributed by atoms with Crippen LogP contribution in [0.5, 0.6) is 0 Å². The van der Waals surface area contributed by atoms with Crippen molar-refractivity contribution in [3.8, 4) is 0 Å². The molecule has 0 radical (unpaired) electrons. The minimum Gasteiger partial charge on any atom is -0.543 e. The predicted octanol–water partition coefficient (Wildman–Crippen LogP) is -2.95. The first-order chi connectivity index (χ1) is 4.70. The molecular formula is C6H3IKNO2. The molecule has 11 heavy (non-hydrogen) atoms. The van der Waals surface area contributed by atoms with E-state index < -0.39 is 5.97 Å². The molecule has 0 saturated carbocycles. The average molecular weight is 287 g/mol. The topological polar surface area (TPSA) is 53.0 Å². The van der Waals surface area contributed by atoms with E-state index in [0.717, 1.165) is 3.57 Å². The molecule has 0 fully saturated rings. The molecule has 5 heteroatoms. The fourth-order valence-corrected chi connectivity index (χ4v) is 0.972. The van der Waals surface area contributed by atoms with Gasteiger partial charge < -0.3 is 9.90 Å². The van der Waals surface area contributed by atoms with Crippen LogP contribution in [0.1, 0.15) is 10.5 Å². The van der Waals surface area contributed by atoms with E-state index in [9.17, 15) is 9.90 Å². The van der Waals surface area contributed by atoms with Gasteiger partial charge in [0, 0.05) is 9.77 Å². The van der Waals surface area contributed by atoms with Gasteiger partial charge in [0.1, 0.15) is 0 Å². The average Bonchev–Trinajstić information content (AvgIpc) is 1.88. The van der Waals surface area contributed by atoms with Gasteiger partial charge in [0.25, 0.3) is 0 Å². The molecule has 0 atom stereocenters. The third-order valence-corrected chi connectivity index (χ3v) is 1.60. The summed E-state index contributed by atoms with van der Waals surface area (Å²) in [7, 11) is 0. The van der Waals surface area contributed by atoms with E-state index in [1.165, 1.54) is 12.3 Å². The first-order valence-electron chi connectivity index (χ1n) is 2.53. The molecule has 0 amide bonds. The summed E-state index contributed by atoms with van der Waals surface area (Å²) in [6.07, 6.45) is 1.44. The van der Waals surface area contributed by atoms with Crippen LogP contribution in [0.4, 0.5) is 0 Å². The smallest absolute Gasteiger partial charge is 0.543 e. The summed E-state index contributed by atoms with van der Waals surface area (Å²) in [6, 6.07) is 3.17. The van der Waals surface area contributed by atoms with E-state index in [4.69, 9.17) is 0 Å². The Morgan fingerprint density at radius 1 is 1.64 bits per heavy atom. The van der Waals surface area contributed by atoms with E-state index in [1.807, 2.05) is 22.6 Å². The van der Waals surface area contributed by atoms with Crippen molar-refractivity contribution in [3.63, 3.8) is 0 Å². The molecule has 52 valence electrons. The Kier molecular flexibility index (Phi) is 6.10. The monoisotopic (exact) mass is 287 g/mol. The number of pyridine rings is 1. The minimum absolute atomic E-state index is 0. The maximum absolute atomic E-state index is 10.2. The molecule has 1 aromatic rings. The number of carbonyl (C=O) groups is 1. The van der Waals surface area contributed by atoms with E-state index in [0.29, 0.717) is 0 Å². The number of aromatic nitrogens is 1. The maximum atomic E-state index is 10.2. The van der Waals surface area contributed by atoms with Crippen molar-refractivity contribution in [2.75, 3.05) is 0 Å². The van der Waals surface area contributed by atoms with Crippen molar-refractivity contribution in [2.24, 2.45) is 0 Å². The zero-order chi connectivity index (χ0) is 7.56. The van der Waals surface area contributed by atoms with E-state index >= 15 is 0 Å². The van der Waals surface area contributed by atoms with Gasteiger partial charge in [0.05, 0.1) is 11.7 Å². The third kappa shape index (κ3) is 3.95. The number of hydrogen-bond acceptors (Lipinski definition) is 3. The van der Waals surface area contributed by atoms with Crippen molar-refractivity contribution >= 4 is 28.6 Å². The summed E-state index contributed by atoms with van der Waals surface area (Å²) in [6.45, 7) is 0. The van der Waals surface area contributed by atoms with Crippen LogP contribution in [0.15, 0.2) is 18.3 Å². The van der Waals surface area contributed by atoms with Gasteiger partial charge in [-0.15, -0.1) is 0 Å². The van der Waals surface area contributed by atoms with Crippen molar-refractivity contribution in [3.05, 3.63) is 27.6 Å². The van der Waals surface area contributed by atoms with Gasteiger partial charge >= 0.3 is 51.4 Å². The molecule has 0 aliphatic rings. The molecule has 1 aromatic heterocycles. The number of nitrogens with zero attached hydrogens (tertiary/aromatic N) is 1. The molecule has 0 N–H and O–H groups in total. The fraction of sp³-hybridized carbons (Fsp3) is 0. The second kappa shape index (κ2) is 5.60. The van der Waals surface area contributed by atoms with E-state index in [1.54, 1.807) is 6.07 Å². The Labute approximate surface area is 120 Å². The van der Waals surface area contributed by atoms with Crippen molar-refractivity contribution < 1.29 is 61.3 Å². The second-order valence-corrected chi connectivity index (χ2v) is 2.89. The largest absolute Gasteiger partial charge is 1.00 e.